The van der Waals surface area contributed by atoms with Crippen LogP contribution in [0.4, 0.5) is 5.82 Å². The largest absolute Gasteiger partial charge is 0.493 e. The molecule has 0 unspecified atom stereocenters. The molecule has 1 fully saturated rings. The minimum atomic E-state index is -0.226. The minimum absolute atomic E-state index is 0.132. The van der Waals surface area contributed by atoms with Crippen molar-refractivity contribution in [2.24, 2.45) is 0 Å². The molecule has 0 aliphatic carbocycles. The molecule has 9 nitrogen and oxygen atoms in total. The molecule has 0 saturated carbocycles. The number of terminal acetylenes is 1. The van der Waals surface area contributed by atoms with E-state index in [0.717, 1.165) is 27.5 Å². The Kier molecular flexibility index (Phi) is 7.70. The molecule has 0 atom stereocenters. The predicted octanol–water partition coefficient (Wildman–Crippen LogP) is 5.06. The van der Waals surface area contributed by atoms with Crippen LogP contribution in [0.25, 0.3) is 21.7 Å². The number of piperazine rings is 1. The predicted molar refractivity (Wildman–Crippen MR) is 162 cm³/mol. The van der Waals surface area contributed by atoms with Crippen LogP contribution in [0.3, 0.4) is 0 Å². The van der Waals surface area contributed by atoms with Crippen LogP contribution in [-0.4, -0.2) is 60.8 Å². The molecule has 210 valence electrons. The molecule has 1 aliphatic heterocycles. The molecule has 2 heterocycles. The first-order valence-corrected chi connectivity index (χ1v) is 13.6. The molecule has 6 rings (SSSR count). The number of para-hydroxylation sites is 1. The molecule has 4 aromatic carbocycles. The van der Waals surface area contributed by atoms with E-state index >= 15 is 0 Å². The number of carbonyl (C=O) groups is 1. The lowest BCUT2D eigenvalue weighted by Gasteiger charge is -2.35. The summed E-state index contributed by atoms with van der Waals surface area (Å²) in [5.74, 6) is 5.32. The highest BCUT2D eigenvalue weighted by Gasteiger charge is 2.23. The Morgan fingerprint density at radius 3 is 2.48 bits per heavy atom. The van der Waals surface area contributed by atoms with Crippen molar-refractivity contribution in [2.75, 3.05) is 44.8 Å². The first kappa shape index (κ1) is 26.9. The second-order valence-electron chi connectivity index (χ2n) is 9.70. The maximum Gasteiger partial charge on any atom is 0.269 e. The van der Waals surface area contributed by atoms with Gasteiger partial charge < -0.3 is 19.1 Å². The number of nitrogens with zero attached hydrogens (tertiary/aromatic N) is 4. The quantitative estimate of drug-likeness (QED) is 0.264. The summed E-state index contributed by atoms with van der Waals surface area (Å²) in [6, 6.07) is 24.9. The van der Waals surface area contributed by atoms with Crippen molar-refractivity contribution >= 4 is 33.4 Å². The van der Waals surface area contributed by atoms with Gasteiger partial charge in [-0.2, -0.15) is 0 Å². The van der Waals surface area contributed by atoms with Crippen LogP contribution in [0.5, 0.6) is 23.0 Å². The van der Waals surface area contributed by atoms with Gasteiger partial charge in [-0.3, -0.25) is 10.2 Å². The highest BCUT2D eigenvalue weighted by molar-refractivity contribution is 5.97. The van der Waals surface area contributed by atoms with Gasteiger partial charge in [0.05, 0.1) is 18.2 Å². The number of hydrogen-bond donors (Lipinski definition) is 1. The molecule has 1 amide bonds. The van der Waals surface area contributed by atoms with Crippen molar-refractivity contribution in [3.05, 3.63) is 90.8 Å². The third-order valence-corrected chi connectivity index (χ3v) is 7.15. The number of hydrogen-bond acceptors (Lipinski definition) is 8. The standard InChI is InChI=1S/C33H29N5O4/c1-3-19-41-31-21-27-26(20-30(31)40-2)32(35-22-34-27)37-15-17-38(18-16-37)36-33(39)25-12-6-7-13-29(25)42-28-14-8-10-23-9-4-5-11-24(23)28/h1,4-14,20-22H,15-19H2,2H3,(H,36,39). The maximum absolute atomic E-state index is 13.4. The number of benzene rings is 4. The maximum atomic E-state index is 13.4. The zero-order chi connectivity index (χ0) is 28.9. The monoisotopic (exact) mass is 559 g/mol. The average molecular weight is 560 g/mol. The van der Waals surface area contributed by atoms with E-state index in [-0.39, 0.29) is 12.5 Å². The van der Waals surface area contributed by atoms with Crippen LogP contribution >= 0.6 is 0 Å². The van der Waals surface area contributed by atoms with Gasteiger partial charge >= 0.3 is 0 Å². The lowest BCUT2D eigenvalue weighted by atomic mass is 10.1. The summed E-state index contributed by atoms with van der Waals surface area (Å²) in [6.07, 6.45) is 6.89. The highest BCUT2D eigenvalue weighted by atomic mass is 16.5. The second kappa shape index (κ2) is 12.0. The van der Waals surface area contributed by atoms with Crippen molar-refractivity contribution in [1.29, 1.82) is 0 Å². The number of amides is 1. The Labute approximate surface area is 243 Å². The number of methoxy groups -OCH3 is 1. The van der Waals surface area contributed by atoms with Crippen molar-refractivity contribution in [3.8, 4) is 35.3 Å². The van der Waals surface area contributed by atoms with Gasteiger partial charge in [-0.15, -0.1) is 6.42 Å². The molecule has 9 heteroatoms. The molecule has 0 bridgehead atoms. The van der Waals surface area contributed by atoms with Gasteiger partial charge in [-0.25, -0.2) is 15.0 Å². The zero-order valence-electron chi connectivity index (χ0n) is 23.1. The van der Waals surface area contributed by atoms with Crippen LogP contribution in [0.15, 0.2) is 85.2 Å². The molecule has 1 aliphatic rings. The number of ether oxygens (including phenoxy) is 3. The number of aromatic nitrogens is 2. The Morgan fingerprint density at radius 2 is 1.64 bits per heavy atom. The summed E-state index contributed by atoms with van der Waals surface area (Å²) in [4.78, 5) is 24.5. The van der Waals surface area contributed by atoms with E-state index < -0.39 is 0 Å². The number of rotatable bonds is 8. The average Bonchev–Trinajstić information content (AvgIpc) is 3.04. The third-order valence-electron chi connectivity index (χ3n) is 7.15. The number of nitrogens with one attached hydrogen (secondary N) is 1. The zero-order valence-corrected chi connectivity index (χ0v) is 23.1. The van der Waals surface area contributed by atoms with Crippen LogP contribution in [0.2, 0.25) is 0 Å². The molecular formula is C33H29N5O4. The Bertz CT molecular complexity index is 1790. The van der Waals surface area contributed by atoms with Crippen molar-refractivity contribution < 1.29 is 19.0 Å². The minimum Gasteiger partial charge on any atom is -0.493 e. The topological polar surface area (TPSA) is 89.1 Å². The summed E-state index contributed by atoms with van der Waals surface area (Å²) >= 11 is 0. The molecule has 1 aromatic heterocycles. The first-order valence-electron chi connectivity index (χ1n) is 13.6. The van der Waals surface area contributed by atoms with Crippen molar-refractivity contribution in [2.45, 2.75) is 0 Å². The second-order valence-corrected chi connectivity index (χ2v) is 9.70. The van der Waals surface area contributed by atoms with Gasteiger partial charge in [0.15, 0.2) is 11.5 Å². The van der Waals surface area contributed by atoms with Gasteiger partial charge in [-0.05, 0) is 29.7 Å². The SMILES string of the molecule is C#CCOc1cc2ncnc(N3CCN(NC(=O)c4ccccc4Oc4cccc5ccccc45)CC3)c2cc1OC. The molecule has 0 spiro atoms. The fraction of sp³-hybridized carbons (Fsp3) is 0.182. The molecule has 1 saturated heterocycles. The van der Waals surface area contributed by atoms with Gasteiger partial charge in [-0.1, -0.05) is 54.5 Å². The molecule has 1 N–H and O–H groups in total. The summed E-state index contributed by atoms with van der Waals surface area (Å²) < 4.78 is 17.4. The van der Waals surface area contributed by atoms with Crippen molar-refractivity contribution in [3.63, 3.8) is 0 Å². The Hall–Kier alpha value is -5.33. The lowest BCUT2D eigenvalue weighted by Crippen LogP contribution is -2.53. The van der Waals surface area contributed by atoms with E-state index in [9.17, 15) is 4.79 Å². The molecule has 42 heavy (non-hydrogen) atoms. The van der Waals surface area contributed by atoms with Gasteiger partial charge in [0, 0.05) is 43.0 Å². The molecular weight excluding hydrogens is 530 g/mol. The van der Waals surface area contributed by atoms with Gasteiger partial charge in [0.2, 0.25) is 0 Å². The smallest absolute Gasteiger partial charge is 0.269 e. The van der Waals surface area contributed by atoms with E-state index in [1.807, 2.05) is 77.8 Å². The normalized spacial score (nSPS) is 13.5. The van der Waals surface area contributed by atoms with E-state index in [1.54, 1.807) is 13.2 Å². The summed E-state index contributed by atoms with van der Waals surface area (Å²) in [5.41, 5.74) is 4.25. The van der Waals surface area contributed by atoms with Crippen LogP contribution in [0.1, 0.15) is 10.4 Å². The van der Waals surface area contributed by atoms with Gasteiger partial charge in [0.1, 0.15) is 30.3 Å². The fourth-order valence-electron chi connectivity index (χ4n) is 5.07. The van der Waals surface area contributed by atoms with Crippen LogP contribution in [-0.2, 0) is 0 Å². The van der Waals surface area contributed by atoms with Crippen LogP contribution < -0.4 is 24.5 Å². The summed E-state index contributed by atoms with van der Waals surface area (Å²) in [5, 5.41) is 4.82. The summed E-state index contributed by atoms with van der Waals surface area (Å²) in [6.45, 7) is 2.64. The third kappa shape index (κ3) is 5.48. The van der Waals surface area contributed by atoms with E-state index in [0.29, 0.717) is 54.7 Å². The summed E-state index contributed by atoms with van der Waals surface area (Å²) in [7, 11) is 1.58. The van der Waals surface area contributed by atoms with Crippen LogP contribution in [0, 0.1) is 12.3 Å². The van der Waals surface area contributed by atoms with E-state index in [4.69, 9.17) is 20.6 Å². The van der Waals surface area contributed by atoms with E-state index in [1.165, 1.54) is 6.33 Å². The Balaban J connectivity index is 1.15. The number of fused-ring (bicyclic) bond motifs is 2. The molecule has 0 radical (unpaired) electrons. The lowest BCUT2D eigenvalue weighted by molar-refractivity contribution is 0.0775. The first-order chi connectivity index (χ1) is 20.6. The Morgan fingerprint density at radius 1 is 0.881 bits per heavy atom. The highest BCUT2D eigenvalue weighted by Crippen LogP contribution is 2.35. The fourth-order valence-corrected chi connectivity index (χ4v) is 5.07. The van der Waals surface area contributed by atoms with Gasteiger partial charge in [0.25, 0.3) is 5.91 Å². The number of hydrazine groups is 1. The number of carbonyl (C=O) groups excluding carboxylic acids is 1. The van der Waals surface area contributed by atoms with Crippen molar-refractivity contribution in [1.82, 2.24) is 20.4 Å². The molecule has 5 aromatic rings. The van der Waals surface area contributed by atoms with E-state index in [2.05, 4.69) is 26.2 Å². The number of anilines is 1.